The highest BCUT2D eigenvalue weighted by atomic mass is 16.5. The summed E-state index contributed by atoms with van der Waals surface area (Å²) in [5, 5.41) is 3.28. The summed E-state index contributed by atoms with van der Waals surface area (Å²) < 4.78 is 11.4. The molecule has 3 aromatic rings. The molecule has 0 spiro atoms. The number of fused-ring (bicyclic) bond motifs is 3. The predicted molar refractivity (Wildman–Crippen MR) is 116 cm³/mol. The number of carbonyl (C=O) groups is 1. The number of aromatic nitrogens is 1. The first-order valence-corrected chi connectivity index (χ1v) is 10.7. The van der Waals surface area contributed by atoms with Crippen LogP contribution in [-0.2, 0) is 0 Å². The predicted octanol–water partition coefficient (Wildman–Crippen LogP) is 4.25. The SMILES string of the molecule is COc1ccccc1-c1nc2c(C(=O)NC3C[C@H]4CCC[C@@H](C3)N4C)cccc2o1. The molecule has 3 atom stereocenters. The Labute approximate surface area is 176 Å². The van der Waals surface area contributed by atoms with Gasteiger partial charge in [0.2, 0.25) is 5.89 Å². The normalized spacial score (nSPS) is 24.0. The maximum atomic E-state index is 13.2. The Bertz CT molecular complexity index is 1060. The van der Waals surface area contributed by atoms with Crippen molar-refractivity contribution in [3.63, 3.8) is 0 Å². The first-order chi connectivity index (χ1) is 14.6. The molecule has 3 heterocycles. The molecule has 1 aromatic heterocycles. The smallest absolute Gasteiger partial charge is 0.253 e. The molecule has 30 heavy (non-hydrogen) atoms. The highest BCUT2D eigenvalue weighted by Crippen LogP contribution is 2.34. The number of amides is 1. The highest BCUT2D eigenvalue weighted by Gasteiger charge is 2.36. The Kier molecular flexibility index (Phi) is 4.95. The van der Waals surface area contributed by atoms with Gasteiger partial charge in [-0.2, -0.15) is 0 Å². The summed E-state index contributed by atoms with van der Waals surface area (Å²) in [5.41, 5.74) is 2.51. The van der Waals surface area contributed by atoms with Crippen molar-refractivity contribution in [3.05, 3.63) is 48.0 Å². The molecule has 2 fully saturated rings. The van der Waals surface area contributed by atoms with Gasteiger partial charge in [0.15, 0.2) is 5.58 Å². The number of rotatable bonds is 4. The minimum absolute atomic E-state index is 0.0758. The highest BCUT2D eigenvalue weighted by molar-refractivity contribution is 6.05. The van der Waals surface area contributed by atoms with E-state index in [0.29, 0.717) is 40.4 Å². The largest absolute Gasteiger partial charge is 0.496 e. The number of para-hydroxylation sites is 2. The molecule has 2 aromatic carbocycles. The Hall–Kier alpha value is -2.86. The molecule has 0 aliphatic carbocycles. The van der Waals surface area contributed by atoms with E-state index in [0.717, 1.165) is 18.4 Å². The number of benzene rings is 2. The monoisotopic (exact) mass is 405 g/mol. The second kappa shape index (κ2) is 7.76. The third kappa shape index (κ3) is 3.35. The van der Waals surface area contributed by atoms with Crippen molar-refractivity contribution in [1.82, 2.24) is 15.2 Å². The lowest BCUT2D eigenvalue weighted by Gasteiger charge is -2.47. The molecular formula is C24H27N3O3. The molecule has 1 unspecified atom stereocenters. The molecule has 2 saturated heterocycles. The van der Waals surface area contributed by atoms with Crippen molar-refractivity contribution >= 4 is 17.0 Å². The van der Waals surface area contributed by atoms with Gasteiger partial charge in [0.1, 0.15) is 11.3 Å². The van der Waals surface area contributed by atoms with E-state index in [-0.39, 0.29) is 11.9 Å². The maximum absolute atomic E-state index is 13.2. The molecule has 2 aliphatic rings. The van der Waals surface area contributed by atoms with Gasteiger partial charge in [-0.15, -0.1) is 0 Å². The average molecular weight is 405 g/mol. The first kappa shape index (κ1) is 19.1. The van der Waals surface area contributed by atoms with Gasteiger partial charge in [0, 0.05) is 18.1 Å². The molecule has 156 valence electrons. The summed E-state index contributed by atoms with van der Waals surface area (Å²) in [6, 6.07) is 14.5. The third-order valence-corrected chi connectivity index (χ3v) is 6.68. The Balaban J connectivity index is 1.42. The van der Waals surface area contributed by atoms with Gasteiger partial charge < -0.3 is 19.4 Å². The van der Waals surface area contributed by atoms with Crippen LogP contribution in [0.15, 0.2) is 46.9 Å². The van der Waals surface area contributed by atoms with Crippen molar-refractivity contribution in [1.29, 1.82) is 0 Å². The summed E-state index contributed by atoms with van der Waals surface area (Å²) in [6.07, 6.45) is 5.77. The van der Waals surface area contributed by atoms with Crippen LogP contribution in [0.1, 0.15) is 42.5 Å². The van der Waals surface area contributed by atoms with E-state index in [4.69, 9.17) is 9.15 Å². The summed E-state index contributed by atoms with van der Waals surface area (Å²) >= 11 is 0. The lowest BCUT2D eigenvalue weighted by Crippen LogP contribution is -2.55. The topological polar surface area (TPSA) is 67.6 Å². The van der Waals surface area contributed by atoms with Crippen molar-refractivity contribution in [2.75, 3.05) is 14.2 Å². The second-order valence-electron chi connectivity index (χ2n) is 8.42. The van der Waals surface area contributed by atoms with E-state index >= 15 is 0 Å². The Morgan fingerprint density at radius 3 is 2.67 bits per heavy atom. The van der Waals surface area contributed by atoms with Crippen LogP contribution in [0.5, 0.6) is 5.75 Å². The number of hydrogen-bond acceptors (Lipinski definition) is 5. The fourth-order valence-electron chi connectivity index (χ4n) is 5.07. The van der Waals surface area contributed by atoms with Gasteiger partial charge in [-0.3, -0.25) is 4.79 Å². The Morgan fingerprint density at radius 2 is 1.90 bits per heavy atom. The van der Waals surface area contributed by atoms with E-state index in [9.17, 15) is 4.79 Å². The minimum atomic E-state index is -0.0758. The summed E-state index contributed by atoms with van der Waals surface area (Å²) in [5.74, 6) is 1.07. The molecule has 6 heteroatoms. The lowest BCUT2D eigenvalue weighted by molar-refractivity contribution is 0.0463. The van der Waals surface area contributed by atoms with E-state index in [2.05, 4.69) is 22.2 Å². The average Bonchev–Trinajstić information content (AvgIpc) is 3.18. The molecular weight excluding hydrogens is 378 g/mol. The van der Waals surface area contributed by atoms with Crippen LogP contribution in [0, 0.1) is 0 Å². The van der Waals surface area contributed by atoms with Crippen molar-refractivity contribution in [2.24, 2.45) is 0 Å². The fourth-order valence-corrected chi connectivity index (χ4v) is 5.07. The number of nitrogens with one attached hydrogen (secondary N) is 1. The van der Waals surface area contributed by atoms with Gasteiger partial charge in [-0.05, 0) is 57.0 Å². The van der Waals surface area contributed by atoms with Crippen LogP contribution < -0.4 is 10.1 Å². The number of piperidine rings is 2. The fraction of sp³-hybridized carbons (Fsp3) is 0.417. The number of methoxy groups -OCH3 is 1. The molecule has 5 rings (SSSR count). The number of carbonyl (C=O) groups excluding carboxylic acids is 1. The van der Waals surface area contributed by atoms with Crippen LogP contribution in [-0.4, -0.2) is 48.1 Å². The maximum Gasteiger partial charge on any atom is 0.253 e. The van der Waals surface area contributed by atoms with E-state index in [1.807, 2.05) is 42.5 Å². The minimum Gasteiger partial charge on any atom is -0.496 e. The summed E-state index contributed by atoms with van der Waals surface area (Å²) in [6.45, 7) is 0. The molecule has 2 aliphatic heterocycles. The standard InChI is InChI=1S/C24H27N3O3/c1-27-16-7-5-8-17(27)14-15(13-16)25-23(28)19-10-6-12-21-22(19)26-24(30-21)18-9-3-4-11-20(18)29-2/h3-4,6,9-12,15-17H,5,7-8,13-14H2,1-2H3,(H,25,28)/t15?,16-,17+. The summed E-state index contributed by atoms with van der Waals surface area (Å²) in [4.78, 5) is 20.3. The van der Waals surface area contributed by atoms with Gasteiger partial charge in [-0.25, -0.2) is 4.98 Å². The van der Waals surface area contributed by atoms with Gasteiger partial charge in [0.05, 0.1) is 18.2 Å². The van der Waals surface area contributed by atoms with Crippen LogP contribution in [0.25, 0.3) is 22.6 Å². The van der Waals surface area contributed by atoms with Crippen LogP contribution in [0.2, 0.25) is 0 Å². The quantitative estimate of drug-likeness (QED) is 0.703. The number of nitrogens with zero attached hydrogens (tertiary/aromatic N) is 2. The lowest BCUT2D eigenvalue weighted by atomic mass is 9.82. The summed E-state index contributed by atoms with van der Waals surface area (Å²) in [7, 11) is 3.85. The molecule has 6 nitrogen and oxygen atoms in total. The number of ether oxygens (including phenoxy) is 1. The third-order valence-electron chi connectivity index (χ3n) is 6.68. The van der Waals surface area contributed by atoms with E-state index < -0.39 is 0 Å². The van der Waals surface area contributed by atoms with Gasteiger partial charge in [-0.1, -0.05) is 24.6 Å². The van der Waals surface area contributed by atoms with Crippen molar-refractivity contribution < 1.29 is 13.9 Å². The zero-order valence-electron chi connectivity index (χ0n) is 17.4. The van der Waals surface area contributed by atoms with Crippen LogP contribution in [0.3, 0.4) is 0 Å². The van der Waals surface area contributed by atoms with E-state index in [1.54, 1.807) is 7.11 Å². The van der Waals surface area contributed by atoms with Crippen LogP contribution in [0.4, 0.5) is 0 Å². The van der Waals surface area contributed by atoms with E-state index in [1.165, 1.54) is 19.3 Å². The molecule has 0 saturated carbocycles. The zero-order valence-corrected chi connectivity index (χ0v) is 17.4. The molecule has 0 radical (unpaired) electrons. The van der Waals surface area contributed by atoms with Crippen molar-refractivity contribution in [3.8, 4) is 17.2 Å². The first-order valence-electron chi connectivity index (χ1n) is 10.7. The van der Waals surface area contributed by atoms with Gasteiger partial charge in [0.25, 0.3) is 5.91 Å². The molecule has 1 amide bonds. The zero-order chi connectivity index (χ0) is 20.7. The Morgan fingerprint density at radius 1 is 1.13 bits per heavy atom. The van der Waals surface area contributed by atoms with Crippen molar-refractivity contribution in [2.45, 2.75) is 50.2 Å². The number of hydrogen-bond donors (Lipinski definition) is 1. The van der Waals surface area contributed by atoms with Gasteiger partial charge >= 0.3 is 0 Å². The number of oxazole rings is 1. The second-order valence-corrected chi connectivity index (χ2v) is 8.42. The van der Waals surface area contributed by atoms with Crippen LogP contribution >= 0.6 is 0 Å². The molecule has 1 N–H and O–H groups in total. The molecule has 2 bridgehead atoms.